The van der Waals surface area contributed by atoms with Crippen LogP contribution in [0.15, 0.2) is 203 Å². The van der Waals surface area contributed by atoms with Gasteiger partial charge in [0.15, 0.2) is 0 Å². The molecule has 0 unspecified atom stereocenters. The number of ether oxygens (including phenoxy) is 1. The molecule has 15 aromatic rings. The molecule has 0 radical (unpaired) electrons. The molecule has 7 nitrogen and oxygen atoms in total. The molecule has 6 aromatic heterocycles. The fraction of sp³-hybridized carbons (Fsp3) is 0. The molecule has 0 saturated heterocycles. The maximum atomic E-state index is 9.18. The molecule has 0 aliphatic carbocycles. The zero-order chi connectivity index (χ0) is 52.4. The number of imidazole rings is 1. The van der Waals surface area contributed by atoms with Gasteiger partial charge in [0.2, 0.25) is 0 Å². The zero-order valence-electron chi connectivity index (χ0n) is 45.0. The SMILES string of the molecule is [2H]c1c([2H])c([2H])c(-c2cccc(-c3c([2H])c([2H])c([2H])c([2H])c3[2H])c2-[n+]2[c-]n3c4[c-]c(Oc5[c-]c6c(cc5)c5cc(-c7ccccc7)ccc5n6-c5ccccn5)cc5oc6ccc7oc8ccc2c3c8c7c6c54)c([2H])c1[2H].[Pt]. The van der Waals surface area contributed by atoms with Gasteiger partial charge in [0, 0.05) is 60.6 Å². The van der Waals surface area contributed by atoms with E-state index in [1.54, 1.807) is 51.6 Å². The molecule has 15 rings (SSSR count). The van der Waals surface area contributed by atoms with Gasteiger partial charge in [-0.2, -0.15) is 6.07 Å². The summed E-state index contributed by atoms with van der Waals surface area (Å²) in [4.78, 5) is 4.74. The van der Waals surface area contributed by atoms with Crippen LogP contribution in [0.3, 0.4) is 0 Å². The van der Waals surface area contributed by atoms with Crippen molar-refractivity contribution in [2.24, 2.45) is 0 Å². The minimum absolute atomic E-state index is 0. The Morgan fingerprint density at radius 3 is 1.99 bits per heavy atom. The van der Waals surface area contributed by atoms with Crippen molar-refractivity contribution in [3.63, 3.8) is 0 Å². The molecule has 0 fully saturated rings. The van der Waals surface area contributed by atoms with Gasteiger partial charge >= 0.3 is 0 Å². The van der Waals surface area contributed by atoms with Crippen LogP contribution in [0, 0.1) is 18.5 Å². The molecular formula is C60H32N4O3Pt-2. The summed E-state index contributed by atoms with van der Waals surface area (Å²) < 4.78 is 114. The average molecular weight is 1060 g/mol. The Bertz CT molecular complexity index is 4890. The number of pyridine rings is 1. The Labute approximate surface area is 416 Å². The molecule has 68 heavy (non-hydrogen) atoms. The quantitative estimate of drug-likeness (QED) is 0.118. The topological polar surface area (TPSA) is 61.6 Å². The van der Waals surface area contributed by atoms with Gasteiger partial charge in [0.1, 0.15) is 22.6 Å². The van der Waals surface area contributed by atoms with Gasteiger partial charge in [-0.3, -0.25) is 4.57 Å². The van der Waals surface area contributed by atoms with Gasteiger partial charge in [-0.25, -0.2) is 4.98 Å². The van der Waals surface area contributed by atoms with Crippen molar-refractivity contribution in [2.75, 3.05) is 0 Å². The summed E-state index contributed by atoms with van der Waals surface area (Å²) in [6.07, 6.45) is 5.29. The number of para-hydroxylation sites is 1. The van der Waals surface area contributed by atoms with Crippen molar-refractivity contribution in [1.29, 1.82) is 0 Å². The monoisotopic (exact) mass is 1060 g/mol. The Morgan fingerprint density at radius 2 is 1.24 bits per heavy atom. The molecule has 0 saturated carbocycles. The van der Waals surface area contributed by atoms with Gasteiger partial charge in [0.25, 0.3) is 6.33 Å². The summed E-state index contributed by atoms with van der Waals surface area (Å²) in [5.74, 6) is 1.34. The molecule has 0 amide bonds. The van der Waals surface area contributed by atoms with Crippen LogP contribution in [0.5, 0.6) is 11.5 Å². The molecular weight excluding hydrogens is 1020 g/mol. The van der Waals surface area contributed by atoms with E-state index in [2.05, 4.69) is 53.4 Å². The van der Waals surface area contributed by atoms with E-state index in [0.29, 0.717) is 61.2 Å². The molecule has 8 heteroatoms. The standard InChI is InChI=1S/C60H32N4O3.Pt/c1-4-13-36(14-5-1)39-22-25-46-45(31-39)44-24-23-40(32-48(44)64(46)54-21-10-11-30-61-54)65-41-33-49-55-53(34-41)67-50-28-29-51-57(56(50)55)58-52(66-51)27-26-47-60(58)63(49)35-62(47)59-42(37-15-6-2-7-16-37)19-12-20-43(59)38-17-8-3-9-18-38;/h1-31,34H;/q-2;/i2D,3D,6D,7D,8D,9D,15D,16D,17D,18D;. The molecule has 322 valence electrons. The van der Waals surface area contributed by atoms with Crippen LogP contribution in [0.4, 0.5) is 0 Å². The van der Waals surface area contributed by atoms with Crippen LogP contribution < -0.4 is 9.30 Å². The van der Waals surface area contributed by atoms with Gasteiger partial charge < -0.3 is 22.5 Å². The van der Waals surface area contributed by atoms with E-state index in [9.17, 15) is 5.48 Å². The van der Waals surface area contributed by atoms with Crippen LogP contribution in [0.1, 0.15) is 13.7 Å². The third kappa shape index (κ3) is 5.57. The first-order chi connectivity index (χ1) is 37.4. The van der Waals surface area contributed by atoms with Gasteiger partial charge in [0.05, 0.1) is 30.4 Å². The Balaban J connectivity index is 0.00000552. The van der Waals surface area contributed by atoms with Gasteiger partial charge in [-0.15, -0.1) is 23.6 Å². The van der Waals surface area contributed by atoms with Crippen LogP contribution in [-0.2, 0) is 21.1 Å². The summed E-state index contributed by atoms with van der Waals surface area (Å²) in [6, 6.07) is 41.7. The van der Waals surface area contributed by atoms with Gasteiger partial charge in [-0.1, -0.05) is 144 Å². The summed E-state index contributed by atoms with van der Waals surface area (Å²) in [7, 11) is 0. The molecule has 0 atom stereocenters. The normalized spacial score (nSPS) is 14.1. The van der Waals surface area contributed by atoms with E-state index in [1.165, 1.54) is 0 Å². The number of hydrogen-bond acceptors (Lipinski definition) is 4. The third-order valence-corrected chi connectivity index (χ3v) is 12.7. The second-order valence-electron chi connectivity index (χ2n) is 16.3. The van der Waals surface area contributed by atoms with E-state index >= 15 is 0 Å². The average Bonchev–Trinajstić information content (AvgIpc) is 4.39. The van der Waals surface area contributed by atoms with Gasteiger partial charge in [-0.05, 0) is 92.1 Å². The first-order valence-electron chi connectivity index (χ1n) is 26.5. The Hall–Kier alpha value is -8.51. The van der Waals surface area contributed by atoms with E-state index < -0.39 is 60.4 Å². The second kappa shape index (κ2) is 14.7. The summed E-state index contributed by atoms with van der Waals surface area (Å²) in [5, 5.41) is 4.82. The summed E-state index contributed by atoms with van der Waals surface area (Å²) in [6.45, 7) is 0. The molecule has 0 spiro atoms. The molecule has 6 heterocycles. The summed E-state index contributed by atoms with van der Waals surface area (Å²) in [5.41, 5.74) is 7.50. The maximum Gasteiger partial charge on any atom is 0.268 e. The van der Waals surface area contributed by atoms with Crippen molar-refractivity contribution >= 4 is 82.2 Å². The number of rotatable bonds is 7. The summed E-state index contributed by atoms with van der Waals surface area (Å²) >= 11 is 0. The van der Waals surface area contributed by atoms with E-state index in [4.69, 9.17) is 26.8 Å². The van der Waals surface area contributed by atoms with Crippen molar-refractivity contribution < 1.29 is 52.9 Å². The van der Waals surface area contributed by atoms with E-state index in [0.717, 1.165) is 43.7 Å². The molecule has 0 aliphatic heterocycles. The number of nitrogens with zero attached hydrogens (tertiary/aromatic N) is 4. The Morgan fingerprint density at radius 1 is 0.544 bits per heavy atom. The fourth-order valence-electron chi connectivity index (χ4n) is 9.96. The third-order valence-electron chi connectivity index (χ3n) is 12.7. The van der Waals surface area contributed by atoms with Crippen LogP contribution in [0.25, 0.3) is 127 Å². The fourth-order valence-corrected chi connectivity index (χ4v) is 9.96. The predicted octanol–water partition coefficient (Wildman–Crippen LogP) is 14.7. The number of furan rings is 2. The minimum atomic E-state index is -0.589. The number of aromatic nitrogens is 4. The first-order valence-corrected chi connectivity index (χ1v) is 21.5. The van der Waals surface area contributed by atoms with Crippen molar-refractivity contribution in [2.45, 2.75) is 0 Å². The van der Waals surface area contributed by atoms with Crippen LogP contribution >= 0.6 is 0 Å². The van der Waals surface area contributed by atoms with Crippen LogP contribution in [-0.4, -0.2) is 14.0 Å². The Kier molecular flexibility index (Phi) is 6.49. The van der Waals surface area contributed by atoms with E-state index in [1.807, 2.05) is 60.7 Å². The molecule has 0 bridgehead atoms. The minimum Gasteiger partial charge on any atom is -0.510 e. The number of fused-ring (bicyclic) bond motifs is 4. The smallest absolute Gasteiger partial charge is 0.268 e. The second-order valence-corrected chi connectivity index (χ2v) is 16.3. The largest absolute Gasteiger partial charge is 0.510 e. The van der Waals surface area contributed by atoms with E-state index in [-0.39, 0.29) is 54.8 Å². The van der Waals surface area contributed by atoms with Crippen molar-refractivity contribution in [3.05, 3.63) is 212 Å². The number of benzene rings is 9. The molecule has 0 aliphatic rings. The maximum absolute atomic E-state index is 9.18. The van der Waals surface area contributed by atoms with Crippen molar-refractivity contribution in [1.82, 2.24) is 14.0 Å². The number of hydrogen-bond donors (Lipinski definition) is 0. The predicted molar refractivity (Wildman–Crippen MR) is 265 cm³/mol. The van der Waals surface area contributed by atoms with Crippen LogP contribution in [0.2, 0.25) is 0 Å². The molecule has 9 aromatic carbocycles. The molecule has 0 N–H and O–H groups in total. The zero-order valence-corrected chi connectivity index (χ0v) is 37.3. The van der Waals surface area contributed by atoms with Crippen molar-refractivity contribution in [3.8, 4) is 56.4 Å². The first kappa shape index (κ1) is 29.9.